The van der Waals surface area contributed by atoms with Gasteiger partial charge in [-0.3, -0.25) is 10.1 Å². The molecule has 0 aliphatic carbocycles. The minimum atomic E-state index is -0.608. The quantitative estimate of drug-likeness (QED) is 0.828. The summed E-state index contributed by atoms with van der Waals surface area (Å²) in [6.07, 6.45) is 0.789. The lowest BCUT2D eigenvalue weighted by Gasteiger charge is -2.05. The fraction of sp³-hybridized carbons (Fsp3) is 0. The predicted octanol–water partition coefficient (Wildman–Crippen LogP) is 1.99. The van der Waals surface area contributed by atoms with Crippen molar-refractivity contribution in [3.05, 3.63) is 59.0 Å². The number of para-hydroxylation sites is 1. The first-order valence-electron chi connectivity index (χ1n) is 4.97. The number of H-pyrrole nitrogens is 1. The van der Waals surface area contributed by atoms with Crippen LogP contribution in [-0.2, 0) is 0 Å². The molecular formula is C12H10N2O3. The van der Waals surface area contributed by atoms with Gasteiger partial charge in [-0.05, 0) is 18.2 Å². The molecule has 0 spiro atoms. The summed E-state index contributed by atoms with van der Waals surface area (Å²) in [5, 5.41) is 2.49. The minimum Gasteiger partial charge on any atom is -0.410 e. The molecule has 0 aliphatic heterocycles. The average Bonchev–Trinajstić information content (AvgIpc) is 2.33. The van der Waals surface area contributed by atoms with Crippen LogP contribution < -0.4 is 15.6 Å². The first kappa shape index (κ1) is 10.9. The fourth-order valence-corrected chi connectivity index (χ4v) is 1.23. The van der Waals surface area contributed by atoms with Gasteiger partial charge >= 0.3 is 6.09 Å². The number of ether oxygens (including phenoxy) is 1. The summed E-state index contributed by atoms with van der Waals surface area (Å²) < 4.78 is 5.01. The third kappa shape index (κ3) is 3.20. The molecule has 0 aliphatic rings. The number of hydrogen-bond donors (Lipinski definition) is 2. The second-order valence-corrected chi connectivity index (χ2v) is 3.27. The molecule has 2 N–H and O–H groups in total. The summed E-state index contributed by atoms with van der Waals surface area (Å²) in [7, 11) is 0. The number of amides is 1. The van der Waals surface area contributed by atoms with Gasteiger partial charge in [-0.1, -0.05) is 18.2 Å². The van der Waals surface area contributed by atoms with Crippen molar-refractivity contribution in [2.45, 2.75) is 0 Å². The number of anilines is 1. The Morgan fingerprint density at radius 3 is 2.53 bits per heavy atom. The van der Waals surface area contributed by atoms with Crippen molar-refractivity contribution >= 4 is 11.8 Å². The van der Waals surface area contributed by atoms with Crippen LogP contribution in [0.2, 0.25) is 0 Å². The molecule has 1 amide bonds. The van der Waals surface area contributed by atoms with E-state index in [4.69, 9.17) is 4.74 Å². The van der Waals surface area contributed by atoms with Crippen LogP contribution in [0.5, 0.6) is 5.75 Å². The second-order valence-electron chi connectivity index (χ2n) is 3.27. The molecule has 0 atom stereocenters. The van der Waals surface area contributed by atoms with E-state index < -0.39 is 6.09 Å². The van der Waals surface area contributed by atoms with Crippen LogP contribution in [0.25, 0.3) is 0 Å². The summed E-state index contributed by atoms with van der Waals surface area (Å²) in [5.74, 6) is 0.453. The molecule has 2 aromatic rings. The van der Waals surface area contributed by atoms with E-state index >= 15 is 0 Å². The van der Waals surface area contributed by atoms with E-state index in [0.29, 0.717) is 11.4 Å². The number of rotatable bonds is 2. The van der Waals surface area contributed by atoms with Crippen molar-refractivity contribution in [2.75, 3.05) is 5.32 Å². The lowest BCUT2D eigenvalue weighted by molar-refractivity contribution is 0.215. The van der Waals surface area contributed by atoms with Crippen LogP contribution >= 0.6 is 0 Å². The van der Waals surface area contributed by atoms with E-state index in [0.717, 1.165) is 0 Å². The number of benzene rings is 1. The van der Waals surface area contributed by atoms with E-state index in [2.05, 4.69) is 10.3 Å². The summed E-state index contributed by atoms with van der Waals surface area (Å²) in [6.45, 7) is 0. The number of pyridine rings is 1. The van der Waals surface area contributed by atoms with Crippen molar-refractivity contribution in [3.8, 4) is 5.75 Å². The summed E-state index contributed by atoms with van der Waals surface area (Å²) >= 11 is 0. The maximum atomic E-state index is 11.4. The zero-order chi connectivity index (χ0) is 12.1. The van der Waals surface area contributed by atoms with Crippen LogP contribution in [0.3, 0.4) is 0 Å². The van der Waals surface area contributed by atoms with E-state index in [-0.39, 0.29) is 5.56 Å². The topological polar surface area (TPSA) is 71.2 Å². The highest BCUT2D eigenvalue weighted by Gasteiger charge is 2.04. The van der Waals surface area contributed by atoms with Gasteiger partial charge in [0, 0.05) is 12.3 Å². The molecule has 1 aromatic carbocycles. The Morgan fingerprint density at radius 2 is 1.88 bits per heavy atom. The largest absolute Gasteiger partial charge is 0.417 e. The highest BCUT2D eigenvalue weighted by Crippen LogP contribution is 2.10. The third-order valence-corrected chi connectivity index (χ3v) is 1.98. The van der Waals surface area contributed by atoms with Crippen LogP contribution in [0, 0.1) is 0 Å². The summed E-state index contributed by atoms with van der Waals surface area (Å²) in [6, 6.07) is 11.5. The summed E-state index contributed by atoms with van der Waals surface area (Å²) in [5.41, 5.74) is 0.234. The number of carbonyl (C=O) groups is 1. The molecule has 0 bridgehead atoms. The van der Waals surface area contributed by atoms with Crippen LogP contribution in [0.1, 0.15) is 0 Å². The van der Waals surface area contributed by atoms with Crippen LogP contribution in [-0.4, -0.2) is 11.1 Å². The van der Waals surface area contributed by atoms with Crippen molar-refractivity contribution in [1.29, 1.82) is 0 Å². The van der Waals surface area contributed by atoms with Crippen molar-refractivity contribution in [1.82, 2.24) is 4.98 Å². The molecule has 5 nitrogen and oxygen atoms in total. The van der Waals surface area contributed by atoms with Crippen molar-refractivity contribution in [2.24, 2.45) is 0 Å². The first-order chi connectivity index (χ1) is 8.24. The Bertz CT molecular complexity index is 543. The molecule has 2 rings (SSSR count). The zero-order valence-electron chi connectivity index (χ0n) is 8.84. The van der Waals surface area contributed by atoms with Crippen molar-refractivity contribution < 1.29 is 9.53 Å². The maximum Gasteiger partial charge on any atom is 0.417 e. The zero-order valence-corrected chi connectivity index (χ0v) is 8.84. The standard InChI is InChI=1S/C12H10N2O3/c15-11-7-6-9(8-13-11)14-12(16)17-10-4-2-1-3-5-10/h1-8H,(H,13,15)(H,14,16). The molecule has 0 fully saturated rings. The molecule has 0 saturated carbocycles. The van der Waals surface area contributed by atoms with Gasteiger partial charge in [0.05, 0.1) is 5.69 Å². The van der Waals surface area contributed by atoms with Gasteiger partial charge < -0.3 is 9.72 Å². The number of hydrogen-bond acceptors (Lipinski definition) is 3. The monoisotopic (exact) mass is 230 g/mol. The SMILES string of the molecule is O=C(Nc1ccc(=O)[nH]c1)Oc1ccccc1. The number of nitrogens with one attached hydrogen (secondary N) is 2. The molecular weight excluding hydrogens is 220 g/mol. The van der Waals surface area contributed by atoms with E-state index in [1.54, 1.807) is 24.3 Å². The van der Waals surface area contributed by atoms with E-state index in [1.807, 2.05) is 6.07 Å². The van der Waals surface area contributed by atoms with E-state index in [9.17, 15) is 9.59 Å². The Kier molecular flexibility index (Phi) is 3.20. The van der Waals surface area contributed by atoms with Gasteiger partial charge in [0.1, 0.15) is 5.75 Å². The molecule has 0 saturated heterocycles. The highest BCUT2D eigenvalue weighted by atomic mass is 16.6. The normalized spacial score (nSPS) is 9.65. The molecule has 17 heavy (non-hydrogen) atoms. The highest BCUT2D eigenvalue weighted by molar-refractivity contribution is 5.85. The fourth-order valence-electron chi connectivity index (χ4n) is 1.23. The van der Waals surface area contributed by atoms with Gasteiger partial charge in [-0.2, -0.15) is 0 Å². The summed E-state index contributed by atoms with van der Waals surface area (Å²) in [4.78, 5) is 24.7. The Morgan fingerprint density at radius 1 is 1.12 bits per heavy atom. The third-order valence-electron chi connectivity index (χ3n) is 1.98. The molecule has 86 valence electrons. The first-order valence-corrected chi connectivity index (χ1v) is 4.97. The van der Waals surface area contributed by atoms with Crippen LogP contribution in [0.4, 0.5) is 10.5 Å². The average molecular weight is 230 g/mol. The lowest BCUT2D eigenvalue weighted by Crippen LogP contribution is -2.17. The van der Waals surface area contributed by atoms with Gasteiger partial charge in [0.25, 0.3) is 0 Å². The minimum absolute atomic E-state index is 0.230. The number of aromatic amines is 1. The Labute approximate surface area is 97.1 Å². The molecule has 0 radical (unpaired) electrons. The lowest BCUT2D eigenvalue weighted by atomic mass is 10.3. The van der Waals surface area contributed by atoms with Gasteiger partial charge in [0.15, 0.2) is 0 Å². The number of aromatic nitrogens is 1. The smallest absolute Gasteiger partial charge is 0.410 e. The van der Waals surface area contributed by atoms with Crippen molar-refractivity contribution in [3.63, 3.8) is 0 Å². The maximum absolute atomic E-state index is 11.4. The predicted molar refractivity (Wildman–Crippen MR) is 63.2 cm³/mol. The molecule has 0 unspecified atom stereocenters. The van der Waals surface area contributed by atoms with Gasteiger partial charge in [-0.25, -0.2) is 4.79 Å². The van der Waals surface area contributed by atoms with E-state index in [1.165, 1.54) is 18.3 Å². The molecule has 1 aromatic heterocycles. The number of carbonyl (C=O) groups excluding carboxylic acids is 1. The molecule has 1 heterocycles. The Hall–Kier alpha value is -2.56. The van der Waals surface area contributed by atoms with Gasteiger partial charge in [0.2, 0.25) is 5.56 Å². The van der Waals surface area contributed by atoms with Gasteiger partial charge in [-0.15, -0.1) is 0 Å². The molecule has 5 heteroatoms. The van der Waals surface area contributed by atoms with Crippen LogP contribution in [0.15, 0.2) is 53.5 Å². The Balaban J connectivity index is 1.98. The second kappa shape index (κ2) is 4.98.